The molecule has 0 saturated carbocycles. The minimum atomic E-state index is -3.14. The molecule has 0 saturated heterocycles. The van der Waals surface area contributed by atoms with Gasteiger partial charge in [-0.25, -0.2) is 8.42 Å². The lowest BCUT2D eigenvalue weighted by atomic mass is 10.1. The number of hydrogen-bond acceptors (Lipinski definition) is 3. The van der Waals surface area contributed by atoms with Crippen molar-refractivity contribution in [2.24, 2.45) is 0 Å². The van der Waals surface area contributed by atoms with Crippen LogP contribution >= 0.6 is 15.9 Å². The first-order chi connectivity index (χ1) is 7.98. The van der Waals surface area contributed by atoms with Crippen molar-refractivity contribution in [3.8, 4) is 0 Å². The van der Waals surface area contributed by atoms with Crippen molar-refractivity contribution in [2.75, 3.05) is 12.0 Å². The van der Waals surface area contributed by atoms with Crippen LogP contribution in [0.2, 0.25) is 0 Å². The van der Waals surface area contributed by atoms with E-state index >= 15 is 0 Å². The maximum absolute atomic E-state index is 11.9. The predicted molar refractivity (Wildman–Crippen MR) is 74.3 cm³/mol. The van der Waals surface area contributed by atoms with Crippen molar-refractivity contribution < 1.29 is 8.42 Å². The fourth-order valence-corrected chi connectivity index (χ4v) is 2.76. The van der Waals surface area contributed by atoms with Crippen LogP contribution in [-0.2, 0) is 16.3 Å². The lowest BCUT2D eigenvalue weighted by molar-refractivity contribution is 0.587. The molecule has 1 N–H and O–H groups in total. The van der Waals surface area contributed by atoms with Gasteiger partial charge < -0.3 is 5.32 Å². The standard InChI is InChI=1S/C12H18BrNO2S/c1-10(2)17(15,16)12-5-3-11(4-6-12)7-8-14-9-13/h3-6,10,14H,7-9H2,1-2H3. The molecule has 5 heteroatoms. The summed E-state index contributed by atoms with van der Waals surface area (Å²) in [6.07, 6.45) is 0.896. The molecule has 0 bridgehead atoms. The Bertz CT molecular complexity index is 440. The van der Waals surface area contributed by atoms with Crippen LogP contribution in [0.25, 0.3) is 0 Å². The van der Waals surface area contributed by atoms with Gasteiger partial charge in [0.2, 0.25) is 0 Å². The molecule has 1 aromatic carbocycles. The van der Waals surface area contributed by atoms with E-state index in [0.29, 0.717) is 4.90 Å². The molecule has 0 aliphatic carbocycles. The summed E-state index contributed by atoms with van der Waals surface area (Å²) in [5.74, 6) is 0. The largest absolute Gasteiger partial charge is 0.307 e. The maximum atomic E-state index is 11.9. The second kappa shape index (κ2) is 6.52. The molecule has 17 heavy (non-hydrogen) atoms. The Morgan fingerprint density at radius 3 is 2.29 bits per heavy atom. The van der Waals surface area contributed by atoms with Gasteiger partial charge in [0.05, 0.1) is 15.6 Å². The van der Waals surface area contributed by atoms with E-state index in [9.17, 15) is 8.42 Å². The Morgan fingerprint density at radius 2 is 1.82 bits per heavy atom. The number of rotatable bonds is 6. The van der Waals surface area contributed by atoms with E-state index in [1.807, 2.05) is 12.1 Å². The van der Waals surface area contributed by atoms with E-state index in [1.54, 1.807) is 26.0 Å². The number of nitrogens with one attached hydrogen (secondary N) is 1. The van der Waals surface area contributed by atoms with Crippen molar-refractivity contribution in [1.82, 2.24) is 5.32 Å². The summed E-state index contributed by atoms with van der Waals surface area (Å²) in [5, 5.41) is 2.79. The lowest BCUT2D eigenvalue weighted by Crippen LogP contribution is -2.15. The van der Waals surface area contributed by atoms with Gasteiger partial charge in [-0.3, -0.25) is 0 Å². The van der Waals surface area contributed by atoms with Gasteiger partial charge in [-0.05, 0) is 44.5 Å². The average Bonchev–Trinajstić information content (AvgIpc) is 2.30. The van der Waals surface area contributed by atoms with Crippen molar-refractivity contribution in [2.45, 2.75) is 30.4 Å². The summed E-state index contributed by atoms with van der Waals surface area (Å²) in [7, 11) is -3.14. The molecule has 0 heterocycles. The van der Waals surface area contributed by atoms with Crippen molar-refractivity contribution in [3.05, 3.63) is 29.8 Å². The van der Waals surface area contributed by atoms with Crippen LogP contribution in [0, 0.1) is 0 Å². The third-order valence-electron chi connectivity index (χ3n) is 2.56. The van der Waals surface area contributed by atoms with Crippen LogP contribution in [-0.4, -0.2) is 25.7 Å². The van der Waals surface area contributed by atoms with Crippen molar-refractivity contribution in [3.63, 3.8) is 0 Å². The molecule has 0 aliphatic heterocycles. The maximum Gasteiger partial charge on any atom is 0.180 e. The molecule has 0 unspecified atom stereocenters. The molecule has 0 radical (unpaired) electrons. The lowest BCUT2D eigenvalue weighted by Gasteiger charge is -2.08. The van der Waals surface area contributed by atoms with Gasteiger partial charge in [0, 0.05) is 0 Å². The first-order valence-electron chi connectivity index (χ1n) is 5.58. The van der Waals surface area contributed by atoms with E-state index in [2.05, 4.69) is 21.2 Å². The van der Waals surface area contributed by atoms with Crippen LogP contribution in [0.15, 0.2) is 29.2 Å². The number of benzene rings is 1. The van der Waals surface area contributed by atoms with Crippen LogP contribution in [0.1, 0.15) is 19.4 Å². The summed E-state index contributed by atoms with van der Waals surface area (Å²) in [6, 6.07) is 7.15. The van der Waals surface area contributed by atoms with E-state index in [1.165, 1.54) is 0 Å². The summed E-state index contributed by atoms with van der Waals surface area (Å²) in [6.45, 7) is 4.27. The predicted octanol–water partition coefficient (Wildman–Crippen LogP) is 2.35. The number of sulfone groups is 1. The van der Waals surface area contributed by atoms with Crippen LogP contribution in [0.3, 0.4) is 0 Å². The van der Waals surface area contributed by atoms with Gasteiger partial charge in [0.1, 0.15) is 0 Å². The minimum Gasteiger partial charge on any atom is -0.307 e. The molecular formula is C12H18BrNO2S. The monoisotopic (exact) mass is 319 g/mol. The fraction of sp³-hybridized carbons (Fsp3) is 0.500. The molecule has 96 valence electrons. The highest BCUT2D eigenvalue weighted by molar-refractivity contribution is 9.09. The molecule has 1 rings (SSSR count). The van der Waals surface area contributed by atoms with Gasteiger partial charge in [0.25, 0.3) is 0 Å². The molecule has 0 fully saturated rings. The van der Waals surface area contributed by atoms with Gasteiger partial charge in [-0.15, -0.1) is 0 Å². The fourth-order valence-electron chi connectivity index (χ4n) is 1.42. The first kappa shape index (κ1) is 14.7. The number of halogens is 1. The SMILES string of the molecule is CC(C)S(=O)(=O)c1ccc(CCNCBr)cc1. The summed E-state index contributed by atoms with van der Waals surface area (Å²) in [4.78, 5) is 0.407. The molecule has 0 atom stereocenters. The minimum absolute atomic E-state index is 0.372. The normalized spacial score (nSPS) is 12.0. The second-order valence-electron chi connectivity index (χ2n) is 4.12. The average molecular weight is 320 g/mol. The Morgan fingerprint density at radius 1 is 1.24 bits per heavy atom. The molecule has 0 aliphatic rings. The van der Waals surface area contributed by atoms with E-state index in [-0.39, 0.29) is 5.25 Å². The third-order valence-corrected chi connectivity index (χ3v) is 5.12. The quantitative estimate of drug-likeness (QED) is 0.497. The van der Waals surface area contributed by atoms with Crippen LogP contribution < -0.4 is 5.32 Å². The zero-order valence-electron chi connectivity index (χ0n) is 10.1. The molecular weight excluding hydrogens is 302 g/mol. The van der Waals surface area contributed by atoms with Gasteiger partial charge in [-0.1, -0.05) is 28.1 Å². The zero-order valence-corrected chi connectivity index (χ0v) is 12.5. The van der Waals surface area contributed by atoms with Gasteiger partial charge >= 0.3 is 0 Å². The molecule has 0 amide bonds. The Balaban J connectivity index is 2.75. The van der Waals surface area contributed by atoms with Crippen molar-refractivity contribution in [1.29, 1.82) is 0 Å². The smallest absolute Gasteiger partial charge is 0.180 e. The highest BCUT2D eigenvalue weighted by Gasteiger charge is 2.18. The van der Waals surface area contributed by atoms with Crippen molar-refractivity contribution >= 4 is 25.8 Å². The third kappa shape index (κ3) is 4.08. The zero-order chi connectivity index (χ0) is 12.9. The van der Waals surface area contributed by atoms with E-state index in [4.69, 9.17) is 0 Å². The van der Waals surface area contributed by atoms with Crippen LogP contribution in [0.5, 0.6) is 0 Å². The second-order valence-corrected chi connectivity index (χ2v) is 7.19. The van der Waals surface area contributed by atoms with E-state index in [0.717, 1.165) is 24.0 Å². The van der Waals surface area contributed by atoms with Gasteiger partial charge in [-0.2, -0.15) is 0 Å². The highest BCUT2D eigenvalue weighted by atomic mass is 79.9. The summed E-state index contributed by atoms with van der Waals surface area (Å²) < 4.78 is 23.8. The van der Waals surface area contributed by atoms with Gasteiger partial charge in [0.15, 0.2) is 9.84 Å². The Kier molecular flexibility index (Phi) is 5.62. The Labute approximate surface area is 112 Å². The Hall–Kier alpha value is -0.390. The topological polar surface area (TPSA) is 46.2 Å². The van der Waals surface area contributed by atoms with Crippen LogP contribution in [0.4, 0.5) is 0 Å². The summed E-state index contributed by atoms with van der Waals surface area (Å²) >= 11 is 3.29. The first-order valence-corrected chi connectivity index (χ1v) is 8.24. The highest BCUT2D eigenvalue weighted by Crippen LogP contribution is 2.16. The number of alkyl halides is 1. The molecule has 3 nitrogen and oxygen atoms in total. The summed E-state index contributed by atoms with van der Waals surface area (Å²) in [5.41, 5.74) is 1.91. The molecule has 1 aromatic rings. The van der Waals surface area contributed by atoms with E-state index < -0.39 is 9.84 Å². The molecule has 0 aromatic heterocycles. The molecule has 0 spiro atoms. The number of hydrogen-bond donors (Lipinski definition) is 1.